The molecule has 1 aromatic carbocycles. The number of nitrogens with one attached hydrogen (secondary N) is 2. The number of benzene rings is 1. The van der Waals surface area contributed by atoms with Crippen LogP contribution in [-0.2, 0) is 0 Å². The summed E-state index contributed by atoms with van der Waals surface area (Å²) in [4.78, 5) is 29.3. The third kappa shape index (κ3) is 3.90. The first-order valence-electron chi connectivity index (χ1n) is 9.64. The summed E-state index contributed by atoms with van der Waals surface area (Å²) < 4.78 is 0. The van der Waals surface area contributed by atoms with Crippen molar-refractivity contribution in [3.63, 3.8) is 0 Å². The first-order valence-corrected chi connectivity index (χ1v) is 10.5. The van der Waals surface area contributed by atoms with Gasteiger partial charge in [-0.25, -0.2) is 4.98 Å². The second kappa shape index (κ2) is 7.43. The summed E-state index contributed by atoms with van der Waals surface area (Å²) in [6.45, 7) is 2.00. The van der Waals surface area contributed by atoms with Gasteiger partial charge in [-0.2, -0.15) is 0 Å². The normalized spacial score (nSPS) is 27.0. The number of hydrogen-bond donors (Lipinski definition) is 2. The molecule has 2 aliphatic carbocycles. The van der Waals surface area contributed by atoms with Crippen LogP contribution in [0.2, 0.25) is 0 Å². The summed E-state index contributed by atoms with van der Waals surface area (Å²) in [5.74, 6) is 0.362. The molecule has 5 nitrogen and oxygen atoms in total. The molecular weight excluding hydrogens is 358 g/mol. The van der Waals surface area contributed by atoms with E-state index in [4.69, 9.17) is 0 Å². The molecule has 6 heteroatoms. The predicted octanol–water partition coefficient (Wildman–Crippen LogP) is 3.70. The molecule has 2 N–H and O–H groups in total. The zero-order valence-electron chi connectivity index (χ0n) is 15.5. The lowest BCUT2D eigenvalue weighted by atomic mass is 9.91. The summed E-state index contributed by atoms with van der Waals surface area (Å²) in [5, 5.41) is 8.90. The van der Waals surface area contributed by atoms with E-state index in [2.05, 4.69) is 15.6 Å². The highest BCUT2D eigenvalue weighted by Gasteiger charge is 2.45. The standard InChI is InChI=1S/C21H25N3O2S/c1-14-4-2-5-15(12-14)18(25)23-17-6-3-8-21(9-7-16(17)13-21)24-19(26)20-22-10-11-27-20/h2,4-5,10-12,16-17H,3,6-9,13H2,1H3,(H,23,25)(H,24,26). The van der Waals surface area contributed by atoms with Gasteiger partial charge in [0, 0.05) is 28.7 Å². The van der Waals surface area contributed by atoms with E-state index in [0.29, 0.717) is 10.9 Å². The Kier molecular flexibility index (Phi) is 5.00. The molecule has 1 aromatic heterocycles. The maximum atomic E-state index is 12.7. The van der Waals surface area contributed by atoms with Crippen molar-refractivity contribution in [1.82, 2.24) is 15.6 Å². The van der Waals surface area contributed by atoms with Crippen LogP contribution in [0.5, 0.6) is 0 Å². The molecule has 27 heavy (non-hydrogen) atoms. The molecule has 0 radical (unpaired) electrons. The smallest absolute Gasteiger partial charge is 0.280 e. The van der Waals surface area contributed by atoms with Crippen LogP contribution in [0.25, 0.3) is 0 Å². The van der Waals surface area contributed by atoms with Gasteiger partial charge in [-0.3, -0.25) is 9.59 Å². The Labute approximate surface area is 163 Å². The average Bonchev–Trinajstić information content (AvgIpc) is 3.28. The molecule has 2 amide bonds. The number of hydrogen-bond acceptors (Lipinski definition) is 4. The van der Waals surface area contributed by atoms with Gasteiger partial charge >= 0.3 is 0 Å². The Bertz CT molecular complexity index is 836. The Morgan fingerprint density at radius 2 is 2.11 bits per heavy atom. The van der Waals surface area contributed by atoms with Crippen molar-refractivity contribution in [3.8, 4) is 0 Å². The number of aryl methyl sites for hydroxylation is 1. The van der Waals surface area contributed by atoms with E-state index in [-0.39, 0.29) is 23.4 Å². The van der Waals surface area contributed by atoms with E-state index < -0.39 is 0 Å². The van der Waals surface area contributed by atoms with Crippen molar-refractivity contribution in [2.24, 2.45) is 5.92 Å². The first kappa shape index (κ1) is 18.2. The van der Waals surface area contributed by atoms with E-state index in [1.807, 2.05) is 36.6 Å². The molecule has 0 aliphatic heterocycles. The lowest BCUT2D eigenvalue weighted by Crippen LogP contribution is -2.46. The number of nitrogens with zero attached hydrogens (tertiary/aromatic N) is 1. The average molecular weight is 384 g/mol. The van der Waals surface area contributed by atoms with E-state index in [1.165, 1.54) is 11.3 Å². The summed E-state index contributed by atoms with van der Waals surface area (Å²) >= 11 is 1.38. The van der Waals surface area contributed by atoms with Crippen molar-refractivity contribution in [2.75, 3.05) is 0 Å². The molecule has 2 bridgehead atoms. The monoisotopic (exact) mass is 383 g/mol. The SMILES string of the molecule is Cc1cccc(C(=O)NC2CCCC3(NC(=O)c4nccs4)CCC2C3)c1. The molecule has 3 unspecified atom stereocenters. The van der Waals surface area contributed by atoms with Crippen LogP contribution in [0.15, 0.2) is 35.8 Å². The summed E-state index contributed by atoms with van der Waals surface area (Å²) in [6.07, 6.45) is 7.56. The van der Waals surface area contributed by atoms with Crippen LogP contribution in [0.3, 0.4) is 0 Å². The van der Waals surface area contributed by atoms with Gasteiger partial charge in [-0.1, -0.05) is 17.7 Å². The number of thiazole rings is 1. The summed E-state index contributed by atoms with van der Waals surface area (Å²) in [5.41, 5.74) is 1.67. The van der Waals surface area contributed by atoms with Gasteiger partial charge in [-0.15, -0.1) is 11.3 Å². The summed E-state index contributed by atoms with van der Waals surface area (Å²) in [6, 6.07) is 7.90. The van der Waals surface area contributed by atoms with E-state index in [1.54, 1.807) is 6.20 Å². The largest absolute Gasteiger partial charge is 0.349 e. The fourth-order valence-corrected chi connectivity index (χ4v) is 5.20. The maximum Gasteiger partial charge on any atom is 0.280 e. The molecule has 0 spiro atoms. The number of aromatic nitrogens is 1. The Morgan fingerprint density at radius 3 is 2.89 bits per heavy atom. The van der Waals surface area contributed by atoms with Gasteiger partial charge in [0.25, 0.3) is 11.8 Å². The van der Waals surface area contributed by atoms with Gasteiger partial charge in [-0.05, 0) is 63.5 Å². The molecule has 2 aliphatic rings. The third-order valence-electron chi connectivity index (χ3n) is 5.99. The molecule has 4 rings (SSSR count). The Morgan fingerprint density at radius 1 is 1.22 bits per heavy atom. The van der Waals surface area contributed by atoms with Gasteiger partial charge < -0.3 is 10.6 Å². The predicted molar refractivity (Wildman–Crippen MR) is 106 cm³/mol. The van der Waals surface area contributed by atoms with Crippen molar-refractivity contribution < 1.29 is 9.59 Å². The van der Waals surface area contributed by atoms with Crippen molar-refractivity contribution in [2.45, 2.75) is 57.0 Å². The van der Waals surface area contributed by atoms with Crippen LogP contribution in [0.1, 0.15) is 64.2 Å². The van der Waals surface area contributed by atoms with Crippen molar-refractivity contribution in [1.29, 1.82) is 0 Å². The van der Waals surface area contributed by atoms with Crippen LogP contribution >= 0.6 is 11.3 Å². The van der Waals surface area contributed by atoms with Crippen LogP contribution < -0.4 is 10.6 Å². The lowest BCUT2D eigenvalue weighted by molar-refractivity contribution is 0.0888. The van der Waals surface area contributed by atoms with Crippen molar-refractivity contribution >= 4 is 23.2 Å². The number of carbonyl (C=O) groups excluding carboxylic acids is 2. The topological polar surface area (TPSA) is 71.1 Å². The second-order valence-corrected chi connectivity index (χ2v) is 8.81. The second-order valence-electron chi connectivity index (χ2n) is 7.92. The molecular formula is C21H25N3O2S. The fourth-order valence-electron chi connectivity index (χ4n) is 4.67. The molecule has 3 atom stereocenters. The van der Waals surface area contributed by atoms with Crippen LogP contribution in [-0.4, -0.2) is 28.4 Å². The quantitative estimate of drug-likeness (QED) is 0.846. The molecule has 2 fully saturated rings. The zero-order valence-corrected chi connectivity index (χ0v) is 16.3. The minimum Gasteiger partial charge on any atom is -0.349 e. The minimum atomic E-state index is -0.143. The fraction of sp³-hybridized carbons (Fsp3) is 0.476. The first-order chi connectivity index (χ1) is 13.0. The number of amides is 2. The molecule has 0 saturated heterocycles. The van der Waals surface area contributed by atoms with Gasteiger partial charge in [0.15, 0.2) is 5.01 Å². The highest BCUT2D eigenvalue weighted by atomic mass is 32.1. The van der Waals surface area contributed by atoms with Gasteiger partial charge in [0.05, 0.1) is 0 Å². The van der Waals surface area contributed by atoms with Crippen LogP contribution in [0, 0.1) is 12.8 Å². The van der Waals surface area contributed by atoms with E-state index in [9.17, 15) is 9.59 Å². The van der Waals surface area contributed by atoms with E-state index >= 15 is 0 Å². The van der Waals surface area contributed by atoms with Gasteiger partial charge in [0.2, 0.25) is 0 Å². The third-order valence-corrected chi connectivity index (χ3v) is 6.76. The van der Waals surface area contributed by atoms with Gasteiger partial charge in [0.1, 0.15) is 0 Å². The summed E-state index contributed by atoms with van der Waals surface area (Å²) in [7, 11) is 0. The zero-order chi connectivity index (χ0) is 18.9. The highest BCUT2D eigenvalue weighted by molar-refractivity contribution is 7.11. The molecule has 2 aromatic rings. The Balaban J connectivity index is 1.42. The lowest BCUT2D eigenvalue weighted by Gasteiger charge is -2.29. The van der Waals surface area contributed by atoms with E-state index in [0.717, 1.165) is 49.7 Å². The number of rotatable bonds is 4. The molecule has 2 saturated carbocycles. The Hall–Kier alpha value is -2.21. The number of carbonyl (C=O) groups is 2. The minimum absolute atomic E-state index is 0.00919. The molecule has 142 valence electrons. The maximum absolute atomic E-state index is 12.7. The molecule has 1 heterocycles. The number of fused-ring (bicyclic) bond motifs is 2. The van der Waals surface area contributed by atoms with Crippen molar-refractivity contribution in [3.05, 3.63) is 52.0 Å². The highest BCUT2D eigenvalue weighted by Crippen LogP contribution is 2.44. The van der Waals surface area contributed by atoms with Crippen LogP contribution in [0.4, 0.5) is 0 Å².